The number of hydrogen-bond acceptors (Lipinski definition) is 6. The number of para-hydroxylation sites is 2. The molecule has 0 fully saturated rings. The van der Waals surface area contributed by atoms with E-state index in [1.54, 1.807) is 19.1 Å². The van der Waals surface area contributed by atoms with Gasteiger partial charge < -0.3 is 19.7 Å². The maximum atomic E-state index is 11.5. The lowest BCUT2D eigenvalue weighted by molar-refractivity contribution is -0.143. The highest BCUT2D eigenvalue weighted by Gasteiger charge is 2.13. The maximum Gasteiger partial charge on any atom is 0.305 e. The van der Waals surface area contributed by atoms with Gasteiger partial charge in [0.1, 0.15) is 11.4 Å². The van der Waals surface area contributed by atoms with Gasteiger partial charge in [-0.05, 0) is 44.5 Å². The van der Waals surface area contributed by atoms with Crippen molar-refractivity contribution in [3.8, 4) is 5.75 Å². The van der Waals surface area contributed by atoms with Gasteiger partial charge in [-0.15, -0.1) is 0 Å². The SMILES string of the molecule is CCOC(=O)CCCNc1nc2ccccc2n1Cc1nc(C)ccc1O. The topological polar surface area (TPSA) is 89.3 Å². The summed E-state index contributed by atoms with van der Waals surface area (Å²) in [4.78, 5) is 20.6. The first-order chi connectivity index (χ1) is 13.1. The number of ether oxygens (including phenoxy) is 1. The predicted octanol–water partition coefficient (Wildman–Crippen LogP) is 3.25. The van der Waals surface area contributed by atoms with E-state index in [1.165, 1.54) is 0 Å². The van der Waals surface area contributed by atoms with Crippen LogP contribution in [0.25, 0.3) is 11.0 Å². The molecule has 27 heavy (non-hydrogen) atoms. The van der Waals surface area contributed by atoms with Gasteiger partial charge >= 0.3 is 5.97 Å². The molecule has 0 aliphatic carbocycles. The number of benzene rings is 1. The summed E-state index contributed by atoms with van der Waals surface area (Å²) in [6, 6.07) is 11.3. The Morgan fingerprint density at radius 2 is 2.04 bits per heavy atom. The van der Waals surface area contributed by atoms with E-state index in [2.05, 4.69) is 15.3 Å². The van der Waals surface area contributed by atoms with Gasteiger partial charge in [-0.3, -0.25) is 9.78 Å². The number of rotatable bonds is 8. The quantitative estimate of drug-likeness (QED) is 0.469. The van der Waals surface area contributed by atoms with E-state index in [9.17, 15) is 9.90 Å². The van der Waals surface area contributed by atoms with Gasteiger partial charge in [0.15, 0.2) is 0 Å². The fourth-order valence-corrected chi connectivity index (χ4v) is 2.91. The minimum absolute atomic E-state index is 0.159. The summed E-state index contributed by atoms with van der Waals surface area (Å²) in [5, 5.41) is 13.4. The summed E-state index contributed by atoms with van der Waals surface area (Å²) >= 11 is 0. The summed E-state index contributed by atoms with van der Waals surface area (Å²) in [5.41, 5.74) is 3.24. The molecule has 3 rings (SSSR count). The van der Waals surface area contributed by atoms with Gasteiger partial charge in [-0.1, -0.05) is 12.1 Å². The van der Waals surface area contributed by atoms with E-state index in [-0.39, 0.29) is 11.7 Å². The first-order valence-corrected chi connectivity index (χ1v) is 9.08. The zero-order chi connectivity index (χ0) is 19.2. The van der Waals surface area contributed by atoms with Crippen molar-refractivity contribution in [3.05, 3.63) is 47.8 Å². The van der Waals surface area contributed by atoms with Crippen LogP contribution in [0.4, 0.5) is 5.95 Å². The lowest BCUT2D eigenvalue weighted by atomic mass is 10.2. The molecule has 0 aliphatic rings. The van der Waals surface area contributed by atoms with E-state index in [0.717, 1.165) is 16.7 Å². The molecule has 0 spiro atoms. The number of carbonyl (C=O) groups excluding carboxylic acids is 1. The lowest BCUT2D eigenvalue weighted by Gasteiger charge is -2.12. The number of carbonyl (C=O) groups is 1. The molecule has 0 saturated heterocycles. The van der Waals surface area contributed by atoms with Crippen molar-refractivity contribution < 1.29 is 14.6 Å². The van der Waals surface area contributed by atoms with Crippen LogP contribution in [0.2, 0.25) is 0 Å². The molecule has 0 bridgehead atoms. The number of nitrogens with one attached hydrogen (secondary N) is 1. The molecule has 0 atom stereocenters. The molecular weight excluding hydrogens is 344 g/mol. The Morgan fingerprint density at radius 1 is 1.22 bits per heavy atom. The minimum Gasteiger partial charge on any atom is -0.506 e. The number of esters is 1. The number of fused-ring (bicyclic) bond motifs is 1. The number of anilines is 1. The Bertz CT molecular complexity index is 936. The highest BCUT2D eigenvalue weighted by Crippen LogP contribution is 2.24. The van der Waals surface area contributed by atoms with Crippen molar-refractivity contribution in [1.29, 1.82) is 0 Å². The number of pyridine rings is 1. The number of aromatic hydroxyl groups is 1. The van der Waals surface area contributed by atoms with Gasteiger partial charge in [-0.2, -0.15) is 0 Å². The molecule has 0 amide bonds. The molecule has 1 aromatic carbocycles. The highest BCUT2D eigenvalue weighted by atomic mass is 16.5. The van der Waals surface area contributed by atoms with Crippen molar-refractivity contribution in [2.45, 2.75) is 33.2 Å². The van der Waals surface area contributed by atoms with E-state index >= 15 is 0 Å². The fourth-order valence-electron chi connectivity index (χ4n) is 2.91. The molecule has 2 N–H and O–H groups in total. The molecule has 7 nitrogen and oxygen atoms in total. The van der Waals surface area contributed by atoms with Crippen molar-refractivity contribution >= 4 is 23.0 Å². The van der Waals surface area contributed by atoms with Gasteiger partial charge in [0, 0.05) is 18.7 Å². The Balaban J connectivity index is 1.79. The summed E-state index contributed by atoms with van der Waals surface area (Å²) in [6.45, 7) is 5.08. The van der Waals surface area contributed by atoms with Crippen molar-refractivity contribution in [2.75, 3.05) is 18.5 Å². The number of imidazole rings is 1. The Kier molecular flexibility index (Phi) is 5.90. The van der Waals surface area contributed by atoms with E-state index in [4.69, 9.17) is 4.74 Å². The zero-order valence-electron chi connectivity index (χ0n) is 15.6. The number of hydrogen-bond donors (Lipinski definition) is 2. The van der Waals surface area contributed by atoms with Gasteiger partial charge in [0.25, 0.3) is 0 Å². The second-order valence-corrected chi connectivity index (χ2v) is 6.26. The van der Waals surface area contributed by atoms with Crippen LogP contribution in [-0.4, -0.2) is 38.8 Å². The lowest BCUT2D eigenvalue weighted by Crippen LogP contribution is -2.12. The van der Waals surface area contributed by atoms with E-state index in [0.29, 0.717) is 44.2 Å². The summed E-state index contributed by atoms with van der Waals surface area (Å²) in [7, 11) is 0. The van der Waals surface area contributed by atoms with E-state index < -0.39 is 0 Å². The van der Waals surface area contributed by atoms with Crippen LogP contribution in [0.15, 0.2) is 36.4 Å². The third-order valence-electron chi connectivity index (χ3n) is 4.20. The molecule has 7 heteroatoms. The second-order valence-electron chi connectivity index (χ2n) is 6.26. The largest absolute Gasteiger partial charge is 0.506 e. The van der Waals surface area contributed by atoms with Crippen LogP contribution >= 0.6 is 0 Å². The van der Waals surface area contributed by atoms with Gasteiger partial charge in [0.05, 0.1) is 24.2 Å². The second kappa shape index (κ2) is 8.53. The van der Waals surface area contributed by atoms with Gasteiger partial charge in [-0.25, -0.2) is 4.98 Å². The van der Waals surface area contributed by atoms with Crippen LogP contribution in [-0.2, 0) is 16.1 Å². The molecule has 3 aromatic rings. The molecule has 0 saturated carbocycles. The molecule has 2 heterocycles. The number of aryl methyl sites for hydroxylation is 1. The molecule has 142 valence electrons. The average molecular weight is 368 g/mol. The van der Waals surface area contributed by atoms with Crippen LogP contribution in [0, 0.1) is 6.92 Å². The Hall–Kier alpha value is -3.09. The third kappa shape index (κ3) is 4.55. The molecule has 2 aromatic heterocycles. The van der Waals surface area contributed by atoms with Crippen molar-refractivity contribution in [2.24, 2.45) is 0 Å². The van der Waals surface area contributed by atoms with E-state index in [1.807, 2.05) is 35.8 Å². The summed E-state index contributed by atoms with van der Waals surface area (Å²) < 4.78 is 6.93. The number of aromatic nitrogens is 3. The Labute approximate surface area is 158 Å². The minimum atomic E-state index is -0.193. The molecule has 0 aliphatic heterocycles. The predicted molar refractivity (Wildman–Crippen MR) is 104 cm³/mol. The average Bonchev–Trinajstić information content (AvgIpc) is 3.00. The smallest absolute Gasteiger partial charge is 0.305 e. The molecule has 0 unspecified atom stereocenters. The van der Waals surface area contributed by atoms with Gasteiger partial charge in [0.2, 0.25) is 5.95 Å². The van der Waals surface area contributed by atoms with Crippen LogP contribution < -0.4 is 5.32 Å². The van der Waals surface area contributed by atoms with Crippen LogP contribution in [0.3, 0.4) is 0 Å². The summed E-state index contributed by atoms with van der Waals surface area (Å²) in [5.74, 6) is 0.649. The first kappa shape index (κ1) is 18.7. The monoisotopic (exact) mass is 368 g/mol. The van der Waals surface area contributed by atoms with Crippen molar-refractivity contribution in [1.82, 2.24) is 14.5 Å². The fraction of sp³-hybridized carbons (Fsp3) is 0.350. The number of nitrogens with zero attached hydrogens (tertiary/aromatic N) is 3. The molecule has 0 radical (unpaired) electrons. The zero-order valence-corrected chi connectivity index (χ0v) is 15.6. The van der Waals surface area contributed by atoms with Crippen LogP contribution in [0.1, 0.15) is 31.2 Å². The highest BCUT2D eigenvalue weighted by molar-refractivity contribution is 5.78. The summed E-state index contributed by atoms with van der Waals surface area (Å²) in [6.07, 6.45) is 1.01. The van der Waals surface area contributed by atoms with Crippen molar-refractivity contribution in [3.63, 3.8) is 0 Å². The third-order valence-corrected chi connectivity index (χ3v) is 4.20. The Morgan fingerprint density at radius 3 is 2.85 bits per heavy atom. The maximum absolute atomic E-state index is 11.5. The first-order valence-electron chi connectivity index (χ1n) is 9.08. The van der Waals surface area contributed by atoms with Crippen LogP contribution in [0.5, 0.6) is 5.75 Å². The standard InChI is InChI=1S/C20H24N4O3/c1-3-27-19(26)9-6-12-21-20-23-15-7-4-5-8-17(15)24(20)13-16-18(25)11-10-14(2)22-16/h4-5,7-8,10-11,25H,3,6,9,12-13H2,1-2H3,(H,21,23). The molecular formula is C20H24N4O3. The normalized spacial score (nSPS) is 10.9.